The van der Waals surface area contributed by atoms with Crippen LogP contribution in [0.25, 0.3) is 0 Å². The molecule has 0 aromatic heterocycles. The van der Waals surface area contributed by atoms with Crippen LogP contribution in [0.4, 0.5) is 4.79 Å². The Balaban J connectivity index is 2.28. The van der Waals surface area contributed by atoms with Crippen LogP contribution in [0.2, 0.25) is 0 Å². The molecule has 0 N–H and O–H groups in total. The number of hydrogen-bond acceptors (Lipinski definition) is 5. The number of aryl methyl sites for hydroxylation is 1. The normalized spacial score (nSPS) is 16.2. The van der Waals surface area contributed by atoms with Gasteiger partial charge in [0.15, 0.2) is 0 Å². The van der Waals surface area contributed by atoms with Crippen molar-refractivity contribution in [1.82, 2.24) is 4.90 Å². The maximum atomic E-state index is 12.2. The van der Waals surface area contributed by atoms with Gasteiger partial charge in [-0.05, 0) is 30.0 Å². The summed E-state index contributed by atoms with van der Waals surface area (Å²) in [6.07, 6.45) is 0.981. The number of carbonyl (C=O) groups is 2. The molecule has 23 heavy (non-hydrogen) atoms. The minimum atomic E-state index is -0.680. The van der Waals surface area contributed by atoms with Crippen LogP contribution in [-0.2, 0) is 33.7 Å². The molecule has 1 aromatic carbocycles. The average molecular weight is 316 g/mol. The molecule has 0 bridgehead atoms. The fraction of sp³-hybridized carbons (Fsp3) is 0.471. The van der Waals surface area contributed by atoms with Gasteiger partial charge >= 0.3 is 12.1 Å². The molecule has 1 heterocycles. The lowest BCUT2D eigenvalue weighted by Crippen LogP contribution is -2.49. The summed E-state index contributed by atoms with van der Waals surface area (Å²) in [6.45, 7) is 2.31. The van der Waals surface area contributed by atoms with E-state index in [0.29, 0.717) is 25.8 Å². The highest BCUT2D eigenvalue weighted by Gasteiger charge is 2.36. The Kier molecular flexibility index (Phi) is 5.58. The highest BCUT2D eigenvalue weighted by atomic mass is 16.6. The number of benzene rings is 1. The molecule has 1 aliphatic heterocycles. The van der Waals surface area contributed by atoms with Gasteiger partial charge in [0.05, 0.1) is 26.3 Å². The standard InChI is InChI=1S/C17H20N2O4/c1-3-23-16(20)15-10-14-9-12(5-4-8-18)6-7-13(14)11-19(15)17(21)22-2/h6-7,9,15H,3-5,10-11H2,1-2H3. The van der Waals surface area contributed by atoms with Gasteiger partial charge in [-0.25, -0.2) is 9.59 Å². The van der Waals surface area contributed by atoms with Gasteiger partial charge in [-0.2, -0.15) is 5.26 Å². The van der Waals surface area contributed by atoms with E-state index in [-0.39, 0.29) is 6.61 Å². The maximum Gasteiger partial charge on any atom is 0.410 e. The largest absolute Gasteiger partial charge is 0.464 e. The van der Waals surface area contributed by atoms with E-state index in [1.54, 1.807) is 6.92 Å². The number of methoxy groups -OCH3 is 1. The Morgan fingerprint density at radius 1 is 1.39 bits per heavy atom. The topological polar surface area (TPSA) is 79.6 Å². The molecule has 0 radical (unpaired) electrons. The third kappa shape index (κ3) is 3.81. The molecule has 0 saturated carbocycles. The lowest BCUT2D eigenvalue weighted by atomic mass is 9.91. The van der Waals surface area contributed by atoms with E-state index in [1.807, 2.05) is 18.2 Å². The van der Waals surface area contributed by atoms with Crippen molar-refractivity contribution in [2.45, 2.75) is 38.8 Å². The van der Waals surface area contributed by atoms with Crippen LogP contribution in [0.15, 0.2) is 18.2 Å². The van der Waals surface area contributed by atoms with Crippen molar-refractivity contribution in [2.24, 2.45) is 0 Å². The van der Waals surface area contributed by atoms with Crippen LogP contribution < -0.4 is 0 Å². The number of amides is 1. The molecule has 1 unspecified atom stereocenters. The molecule has 1 aliphatic rings. The Bertz CT molecular complexity index is 636. The third-order valence-corrected chi connectivity index (χ3v) is 3.89. The fourth-order valence-corrected chi connectivity index (χ4v) is 2.75. The lowest BCUT2D eigenvalue weighted by Gasteiger charge is -2.34. The number of fused-ring (bicyclic) bond motifs is 1. The van der Waals surface area contributed by atoms with Crippen molar-refractivity contribution in [3.63, 3.8) is 0 Å². The number of carbonyl (C=O) groups excluding carboxylic acids is 2. The van der Waals surface area contributed by atoms with E-state index in [0.717, 1.165) is 16.7 Å². The van der Waals surface area contributed by atoms with Crippen molar-refractivity contribution >= 4 is 12.1 Å². The first-order chi connectivity index (χ1) is 11.1. The van der Waals surface area contributed by atoms with E-state index in [4.69, 9.17) is 14.7 Å². The number of nitrogens with zero attached hydrogens (tertiary/aromatic N) is 2. The van der Waals surface area contributed by atoms with Crippen LogP contribution in [-0.4, -0.2) is 36.7 Å². The van der Waals surface area contributed by atoms with Crippen LogP contribution in [0.1, 0.15) is 30.0 Å². The van der Waals surface area contributed by atoms with Gasteiger partial charge in [0.2, 0.25) is 0 Å². The predicted octanol–water partition coefficient (Wildman–Crippen LogP) is 2.20. The van der Waals surface area contributed by atoms with Crippen LogP contribution in [0.3, 0.4) is 0 Å². The van der Waals surface area contributed by atoms with Gasteiger partial charge in [0.25, 0.3) is 0 Å². The van der Waals surface area contributed by atoms with E-state index in [1.165, 1.54) is 12.0 Å². The lowest BCUT2D eigenvalue weighted by molar-refractivity contribution is -0.149. The number of ether oxygens (including phenoxy) is 2. The molecular weight excluding hydrogens is 296 g/mol. The first-order valence-electron chi connectivity index (χ1n) is 7.59. The van der Waals surface area contributed by atoms with Crippen molar-refractivity contribution in [2.75, 3.05) is 13.7 Å². The minimum absolute atomic E-state index is 0.263. The zero-order chi connectivity index (χ0) is 16.8. The monoisotopic (exact) mass is 316 g/mol. The number of nitriles is 1. The molecular formula is C17H20N2O4. The molecule has 6 nitrogen and oxygen atoms in total. The molecule has 1 atom stereocenters. The highest BCUT2D eigenvalue weighted by molar-refractivity contribution is 5.82. The fourth-order valence-electron chi connectivity index (χ4n) is 2.75. The van der Waals surface area contributed by atoms with E-state index in [2.05, 4.69) is 6.07 Å². The molecule has 1 amide bonds. The molecule has 6 heteroatoms. The molecule has 1 aromatic rings. The van der Waals surface area contributed by atoms with Gasteiger partial charge in [-0.1, -0.05) is 18.2 Å². The number of hydrogen-bond donors (Lipinski definition) is 0. The van der Waals surface area contributed by atoms with Crippen LogP contribution in [0.5, 0.6) is 0 Å². The molecule has 122 valence electrons. The van der Waals surface area contributed by atoms with Crippen molar-refractivity contribution < 1.29 is 19.1 Å². The second kappa shape index (κ2) is 7.63. The Labute approximate surface area is 135 Å². The summed E-state index contributed by atoms with van der Waals surface area (Å²) in [4.78, 5) is 25.5. The quantitative estimate of drug-likeness (QED) is 0.796. The number of rotatable bonds is 4. The Morgan fingerprint density at radius 3 is 2.83 bits per heavy atom. The Morgan fingerprint density at radius 2 is 2.17 bits per heavy atom. The van der Waals surface area contributed by atoms with E-state index >= 15 is 0 Å². The van der Waals surface area contributed by atoms with E-state index < -0.39 is 18.1 Å². The second-order valence-electron chi connectivity index (χ2n) is 5.33. The smallest absolute Gasteiger partial charge is 0.410 e. The van der Waals surface area contributed by atoms with Crippen LogP contribution in [0, 0.1) is 11.3 Å². The van der Waals surface area contributed by atoms with Crippen molar-refractivity contribution in [1.29, 1.82) is 5.26 Å². The molecule has 0 spiro atoms. The molecule has 0 aliphatic carbocycles. The van der Waals surface area contributed by atoms with Gasteiger partial charge in [0.1, 0.15) is 6.04 Å². The zero-order valence-corrected chi connectivity index (χ0v) is 13.4. The summed E-state index contributed by atoms with van der Waals surface area (Å²) < 4.78 is 9.87. The molecule has 0 saturated heterocycles. The summed E-state index contributed by atoms with van der Waals surface area (Å²) in [5.74, 6) is -0.425. The summed E-state index contributed by atoms with van der Waals surface area (Å²) >= 11 is 0. The highest BCUT2D eigenvalue weighted by Crippen LogP contribution is 2.26. The molecule has 2 rings (SSSR count). The summed E-state index contributed by atoms with van der Waals surface area (Å²) in [7, 11) is 1.30. The van der Waals surface area contributed by atoms with E-state index in [9.17, 15) is 9.59 Å². The average Bonchev–Trinajstić information content (AvgIpc) is 2.58. The third-order valence-electron chi connectivity index (χ3n) is 3.89. The molecule has 0 fully saturated rings. The van der Waals surface area contributed by atoms with Gasteiger partial charge < -0.3 is 9.47 Å². The van der Waals surface area contributed by atoms with Crippen LogP contribution >= 0.6 is 0 Å². The van der Waals surface area contributed by atoms with Gasteiger partial charge in [-0.15, -0.1) is 0 Å². The Hall–Kier alpha value is -2.55. The van der Waals surface area contributed by atoms with Crippen molar-refractivity contribution in [3.05, 3.63) is 34.9 Å². The predicted molar refractivity (Wildman–Crippen MR) is 82.4 cm³/mol. The number of esters is 1. The SMILES string of the molecule is CCOC(=O)C1Cc2cc(CCC#N)ccc2CN1C(=O)OC. The maximum absolute atomic E-state index is 12.2. The van der Waals surface area contributed by atoms with Gasteiger partial charge in [-0.3, -0.25) is 4.90 Å². The second-order valence-corrected chi connectivity index (χ2v) is 5.33. The first kappa shape index (κ1) is 16.8. The summed E-state index contributed by atoms with van der Waals surface area (Å²) in [5, 5.41) is 8.69. The summed E-state index contributed by atoms with van der Waals surface area (Å²) in [6, 6.07) is 7.35. The van der Waals surface area contributed by atoms with Crippen molar-refractivity contribution in [3.8, 4) is 6.07 Å². The minimum Gasteiger partial charge on any atom is -0.464 e. The first-order valence-corrected chi connectivity index (χ1v) is 7.59. The zero-order valence-electron chi connectivity index (χ0n) is 13.4. The van der Waals surface area contributed by atoms with Gasteiger partial charge in [0, 0.05) is 12.8 Å². The summed E-state index contributed by atoms with van der Waals surface area (Å²) in [5.41, 5.74) is 3.05.